The quantitative estimate of drug-likeness (QED) is 0.584. The van der Waals surface area contributed by atoms with Crippen LogP contribution >= 0.6 is 0 Å². The molecule has 31 heavy (non-hydrogen) atoms. The third kappa shape index (κ3) is 5.25. The Labute approximate surface area is 182 Å². The summed E-state index contributed by atoms with van der Waals surface area (Å²) in [5.41, 5.74) is 4.45. The molecule has 0 aliphatic carbocycles. The number of carbonyl (C=O) groups is 1. The third-order valence-electron chi connectivity index (χ3n) is 5.76. The van der Waals surface area contributed by atoms with Gasteiger partial charge in [0.15, 0.2) is 0 Å². The maximum Gasteiger partial charge on any atom is 0.224 e. The van der Waals surface area contributed by atoms with Gasteiger partial charge in [-0.05, 0) is 59.5 Å². The van der Waals surface area contributed by atoms with Crippen LogP contribution in [0.15, 0.2) is 42.7 Å². The van der Waals surface area contributed by atoms with Crippen LogP contribution < -0.4 is 4.74 Å². The summed E-state index contributed by atoms with van der Waals surface area (Å²) in [6.07, 6.45) is 4.76. The zero-order valence-corrected chi connectivity index (χ0v) is 18.1. The monoisotopic (exact) mass is 420 g/mol. The Morgan fingerprint density at radius 3 is 2.94 bits per heavy atom. The first-order chi connectivity index (χ1) is 15.1. The van der Waals surface area contributed by atoms with Crippen LogP contribution in [0.4, 0.5) is 0 Å². The molecule has 1 atom stereocenters. The first-order valence-electron chi connectivity index (χ1n) is 10.7. The van der Waals surface area contributed by atoms with Gasteiger partial charge in [0.05, 0.1) is 13.7 Å². The smallest absolute Gasteiger partial charge is 0.224 e. The number of benzene rings is 1. The molecule has 8 heteroatoms. The minimum atomic E-state index is 0.141. The van der Waals surface area contributed by atoms with E-state index in [1.54, 1.807) is 11.8 Å². The van der Waals surface area contributed by atoms with Gasteiger partial charge in [-0.2, -0.15) is 0 Å². The molecule has 3 heterocycles. The van der Waals surface area contributed by atoms with E-state index in [0.29, 0.717) is 19.5 Å². The van der Waals surface area contributed by atoms with Crippen molar-refractivity contribution in [2.24, 2.45) is 0 Å². The molecule has 0 unspecified atom stereocenters. The summed E-state index contributed by atoms with van der Waals surface area (Å²) >= 11 is 0. The lowest BCUT2D eigenvalue weighted by Crippen LogP contribution is -2.39. The van der Waals surface area contributed by atoms with Crippen molar-refractivity contribution >= 4 is 5.91 Å². The number of methoxy groups -OCH3 is 1. The first-order valence-corrected chi connectivity index (χ1v) is 10.7. The molecule has 0 saturated carbocycles. The van der Waals surface area contributed by atoms with Gasteiger partial charge in [0, 0.05) is 43.2 Å². The zero-order valence-electron chi connectivity index (χ0n) is 18.1. The summed E-state index contributed by atoms with van der Waals surface area (Å²) in [5, 5.41) is 11.1. The number of tetrazole rings is 1. The van der Waals surface area contributed by atoms with E-state index in [4.69, 9.17) is 9.72 Å². The second-order valence-corrected chi connectivity index (χ2v) is 8.03. The fourth-order valence-electron chi connectivity index (χ4n) is 4.24. The SMILES string of the molecule is COc1ccccc1Cc1cc(C)nc([C@H]2CCCN(C(=O)CCn3cnnn3)C2)c1. The molecule has 1 saturated heterocycles. The van der Waals surface area contributed by atoms with Gasteiger partial charge in [0.1, 0.15) is 12.1 Å². The summed E-state index contributed by atoms with van der Waals surface area (Å²) in [7, 11) is 1.70. The lowest BCUT2D eigenvalue weighted by molar-refractivity contribution is -0.132. The van der Waals surface area contributed by atoms with Gasteiger partial charge in [-0.3, -0.25) is 9.78 Å². The van der Waals surface area contributed by atoms with Crippen molar-refractivity contribution in [1.82, 2.24) is 30.1 Å². The molecular weight excluding hydrogens is 392 g/mol. The number of rotatable bonds is 7. The summed E-state index contributed by atoms with van der Waals surface area (Å²) in [4.78, 5) is 19.5. The van der Waals surface area contributed by atoms with E-state index < -0.39 is 0 Å². The van der Waals surface area contributed by atoms with E-state index in [2.05, 4.69) is 33.7 Å². The van der Waals surface area contributed by atoms with Gasteiger partial charge < -0.3 is 9.64 Å². The summed E-state index contributed by atoms with van der Waals surface area (Å²) in [6, 6.07) is 12.4. The predicted octanol–water partition coefficient (Wildman–Crippen LogP) is 2.77. The van der Waals surface area contributed by atoms with E-state index in [1.807, 2.05) is 30.0 Å². The molecule has 0 spiro atoms. The van der Waals surface area contributed by atoms with Crippen LogP contribution in [0.5, 0.6) is 5.75 Å². The van der Waals surface area contributed by atoms with Crippen LogP contribution in [-0.2, 0) is 17.8 Å². The van der Waals surface area contributed by atoms with Crippen LogP contribution in [0.3, 0.4) is 0 Å². The Morgan fingerprint density at radius 1 is 1.26 bits per heavy atom. The number of nitrogens with zero attached hydrogens (tertiary/aromatic N) is 6. The Balaban J connectivity index is 1.45. The normalized spacial score (nSPS) is 16.3. The van der Waals surface area contributed by atoms with E-state index >= 15 is 0 Å². The Morgan fingerprint density at radius 2 is 2.13 bits per heavy atom. The molecule has 1 aliphatic heterocycles. The number of aryl methyl sites for hydroxylation is 2. The Hall–Kier alpha value is -3.29. The molecule has 1 aromatic carbocycles. The molecule has 3 aromatic rings. The summed E-state index contributed by atoms with van der Waals surface area (Å²) in [6.45, 7) is 4.04. The van der Waals surface area contributed by atoms with E-state index in [-0.39, 0.29) is 11.8 Å². The number of carbonyl (C=O) groups excluding carboxylic acids is 1. The average Bonchev–Trinajstić information content (AvgIpc) is 3.31. The average molecular weight is 421 g/mol. The van der Waals surface area contributed by atoms with Crippen LogP contribution in [0.2, 0.25) is 0 Å². The summed E-state index contributed by atoms with van der Waals surface area (Å²) in [5.74, 6) is 1.29. The molecule has 1 amide bonds. The maximum atomic E-state index is 12.7. The van der Waals surface area contributed by atoms with Crippen molar-refractivity contribution in [2.45, 2.75) is 45.1 Å². The molecule has 0 radical (unpaired) electrons. The molecular formula is C23H28N6O2. The number of aromatic nitrogens is 5. The lowest BCUT2D eigenvalue weighted by Gasteiger charge is -2.33. The van der Waals surface area contributed by atoms with E-state index in [9.17, 15) is 4.79 Å². The van der Waals surface area contributed by atoms with Crippen molar-refractivity contribution in [3.05, 3.63) is 65.2 Å². The topological polar surface area (TPSA) is 86.0 Å². The minimum absolute atomic E-state index is 0.141. The molecule has 4 rings (SSSR count). The van der Waals surface area contributed by atoms with Crippen molar-refractivity contribution in [1.29, 1.82) is 0 Å². The van der Waals surface area contributed by atoms with Gasteiger partial charge >= 0.3 is 0 Å². The summed E-state index contributed by atoms with van der Waals surface area (Å²) < 4.78 is 7.10. The number of amides is 1. The minimum Gasteiger partial charge on any atom is -0.496 e. The molecule has 162 valence electrons. The highest BCUT2D eigenvalue weighted by Crippen LogP contribution is 2.28. The number of hydrogen-bond acceptors (Lipinski definition) is 6. The number of hydrogen-bond donors (Lipinski definition) is 0. The molecule has 2 aromatic heterocycles. The fourth-order valence-corrected chi connectivity index (χ4v) is 4.24. The van der Waals surface area contributed by atoms with Gasteiger partial charge in [0.2, 0.25) is 5.91 Å². The van der Waals surface area contributed by atoms with E-state index in [0.717, 1.165) is 48.5 Å². The van der Waals surface area contributed by atoms with Crippen molar-refractivity contribution in [3.63, 3.8) is 0 Å². The molecule has 0 bridgehead atoms. The zero-order chi connectivity index (χ0) is 21.6. The molecule has 0 N–H and O–H groups in total. The standard InChI is InChI=1S/C23H28N6O2/c1-17-12-18(13-19-6-3-4-8-22(19)31-2)14-21(25-17)20-7-5-10-28(15-20)23(30)9-11-29-16-24-26-27-29/h3-4,6,8,12,14,16,20H,5,7,9-11,13,15H2,1-2H3/t20-/m0/s1. The molecule has 8 nitrogen and oxygen atoms in total. The highest BCUT2D eigenvalue weighted by atomic mass is 16.5. The predicted molar refractivity (Wildman–Crippen MR) is 116 cm³/mol. The third-order valence-corrected chi connectivity index (χ3v) is 5.76. The molecule has 1 aliphatic rings. The second kappa shape index (κ2) is 9.68. The number of pyridine rings is 1. The Bertz CT molecular complexity index is 1020. The van der Waals surface area contributed by atoms with Crippen molar-refractivity contribution in [2.75, 3.05) is 20.2 Å². The van der Waals surface area contributed by atoms with E-state index in [1.165, 1.54) is 11.9 Å². The second-order valence-electron chi connectivity index (χ2n) is 8.03. The number of likely N-dealkylation sites (tertiary alicyclic amines) is 1. The Kier molecular flexibility index (Phi) is 6.54. The lowest BCUT2D eigenvalue weighted by atomic mass is 9.92. The van der Waals surface area contributed by atoms with Crippen LogP contribution in [0.25, 0.3) is 0 Å². The fraction of sp³-hybridized carbons (Fsp3) is 0.435. The van der Waals surface area contributed by atoms with Crippen molar-refractivity contribution in [3.8, 4) is 5.75 Å². The highest BCUT2D eigenvalue weighted by Gasteiger charge is 2.26. The number of piperidine rings is 1. The van der Waals surface area contributed by atoms with Crippen LogP contribution in [0.1, 0.15) is 47.7 Å². The maximum absolute atomic E-state index is 12.7. The largest absolute Gasteiger partial charge is 0.496 e. The van der Waals surface area contributed by atoms with Crippen LogP contribution in [0, 0.1) is 6.92 Å². The number of para-hydroxylation sites is 1. The van der Waals surface area contributed by atoms with Gasteiger partial charge in [-0.15, -0.1) is 5.10 Å². The number of ether oxygens (including phenoxy) is 1. The van der Waals surface area contributed by atoms with Gasteiger partial charge in [0.25, 0.3) is 0 Å². The van der Waals surface area contributed by atoms with Gasteiger partial charge in [-0.25, -0.2) is 4.68 Å². The first kappa shape index (κ1) is 21.0. The highest BCUT2D eigenvalue weighted by molar-refractivity contribution is 5.76. The van der Waals surface area contributed by atoms with Crippen molar-refractivity contribution < 1.29 is 9.53 Å². The van der Waals surface area contributed by atoms with Crippen LogP contribution in [-0.4, -0.2) is 56.2 Å². The molecule has 1 fully saturated rings. The van der Waals surface area contributed by atoms with Gasteiger partial charge in [-0.1, -0.05) is 18.2 Å².